The Kier molecular flexibility index (Phi) is 7.46. The van der Waals surface area contributed by atoms with E-state index in [9.17, 15) is 9.59 Å². The zero-order valence-electron chi connectivity index (χ0n) is 18.4. The fraction of sp³-hybridized carbons (Fsp3) is 0.269. The molecule has 0 fully saturated rings. The molecule has 0 bridgehead atoms. The van der Waals surface area contributed by atoms with E-state index >= 15 is 0 Å². The Morgan fingerprint density at radius 2 is 1.75 bits per heavy atom. The van der Waals surface area contributed by atoms with Crippen molar-refractivity contribution >= 4 is 11.6 Å². The van der Waals surface area contributed by atoms with Crippen molar-refractivity contribution in [2.45, 2.75) is 26.3 Å². The number of hydrogen-bond donors (Lipinski definition) is 0. The van der Waals surface area contributed by atoms with Crippen molar-refractivity contribution in [2.24, 2.45) is 5.92 Å². The van der Waals surface area contributed by atoms with Crippen molar-refractivity contribution in [3.8, 4) is 11.5 Å². The van der Waals surface area contributed by atoms with Crippen molar-refractivity contribution in [3.05, 3.63) is 88.7 Å². The first-order valence-corrected chi connectivity index (χ1v) is 10.4. The van der Waals surface area contributed by atoms with E-state index in [0.29, 0.717) is 42.0 Å². The summed E-state index contributed by atoms with van der Waals surface area (Å²) in [4.78, 5) is 25.5. The lowest BCUT2D eigenvalue weighted by molar-refractivity contribution is -0.688. The van der Waals surface area contributed by atoms with E-state index in [4.69, 9.17) is 9.47 Å². The van der Waals surface area contributed by atoms with Crippen LogP contribution >= 0.6 is 0 Å². The SMILES string of the molecule is COc1cc2c(cc1OC)C(=O)C(Cc1cc[n+](Cc3ccccc3)cc1C(C)=O)C2.[Br-]. The number of ether oxygens (including phenoxy) is 2. The Morgan fingerprint density at radius 3 is 2.41 bits per heavy atom. The second-order valence-electron chi connectivity index (χ2n) is 7.93. The molecule has 5 nitrogen and oxygen atoms in total. The molecule has 2 aromatic carbocycles. The van der Waals surface area contributed by atoms with Crippen LogP contribution in [0, 0.1) is 5.92 Å². The number of carbonyl (C=O) groups excluding carboxylic acids is 2. The molecule has 1 atom stereocenters. The first-order valence-electron chi connectivity index (χ1n) is 10.4. The van der Waals surface area contributed by atoms with E-state index in [2.05, 4.69) is 12.1 Å². The quantitative estimate of drug-likeness (QED) is 0.360. The third-order valence-electron chi connectivity index (χ3n) is 5.87. The van der Waals surface area contributed by atoms with Crippen LogP contribution in [-0.2, 0) is 19.4 Å². The van der Waals surface area contributed by atoms with Crippen LogP contribution in [0.3, 0.4) is 0 Å². The summed E-state index contributed by atoms with van der Waals surface area (Å²) in [5.74, 6) is 1.08. The number of hydrogen-bond acceptors (Lipinski definition) is 4. The van der Waals surface area contributed by atoms with Gasteiger partial charge in [-0.15, -0.1) is 0 Å². The average molecular weight is 496 g/mol. The zero-order valence-corrected chi connectivity index (χ0v) is 20.0. The van der Waals surface area contributed by atoms with E-state index in [1.54, 1.807) is 27.2 Å². The van der Waals surface area contributed by atoms with Crippen molar-refractivity contribution in [1.29, 1.82) is 0 Å². The largest absolute Gasteiger partial charge is 1.00 e. The monoisotopic (exact) mass is 495 g/mol. The molecule has 0 radical (unpaired) electrons. The molecule has 4 rings (SSSR count). The molecular weight excluding hydrogens is 470 g/mol. The highest BCUT2D eigenvalue weighted by Crippen LogP contribution is 2.37. The summed E-state index contributed by atoms with van der Waals surface area (Å²) in [5, 5.41) is 0. The number of aromatic nitrogens is 1. The Balaban J connectivity index is 0.00000289. The predicted octanol–water partition coefficient (Wildman–Crippen LogP) is 0.844. The Bertz CT molecular complexity index is 1140. The summed E-state index contributed by atoms with van der Waals surface area (Å²) in [5.41, 5.74) is 4.38. The van der Waals surface area contributed by atoms with Crippen LogP contribution in [0.5, 0.6) is 11.5 Å². The number of halogens is 1. The van der Waals surface area contributed by atoms with Gasteiger partial charge in [-0.3, -0.25) is 9.59 Å². The van der Waals surface area contributed by atoms with E-state index in [-0.39, 0.29) is 34.5 Å². The minimum absolute atomic E-state index is 0. The van der Waals surface area contributed by atoms with Gasteiger partial charge in [0.25, 0.3) is 0 Å². The van der Waals surface area contributed by atoms with Gasteiger partial charge in [0, 0.05) is 23.1 Å². The highest BCUT2D eigenvalue weighted by atomic mass is 79.9. The maximum absolute atomic E-state index is 13.1. The molecule has 166 valence electrons. The van der Waals surface area contributed by atoms with Crippen molar-refractivity contribution in [1.82, 2.24) is 0 Å². The molecule has 0 saturated heterocycles. The molecule has 3 aromatic rings. The summed E-state index contributed by atoms with van der Waals surface area (Å²) in [7, 11) is 3.15. The molecule has 1 aliphatic rings. The van der Waals surface area contributed by atoms with Gasteiger partial charge >= 0.3 is 0 Å². The fourth-order valence-corrected chi connectivity index (χ4v) is 4.28. The minimum atomic E-state index is -0.199. The maximum atomic E-state index is 13.1. The van der Waals surface area contributed by atoms with Crippen LogP contribution in [0.1, 0.15) is 44.3 Å². The second kappa shape index (κ2) is 10.1. The van der Waals surface area contributed by atoms with Crippen LogP contribution in [0.2, 0.25) is 0 Å². The molecule has 32 heavy (non-hydrogen) atoms. The lowest BCUT2D eigenvalue weighted by atomic mass is 9.92. The van der Waals surface area contributed by atoms with Gasteiger partial charge in [-0.1, -0.05) is 30.3 Å². The topological polar surface area (TPSA) is 56.5 Å². The molecule has 1 aliphatic carbocycles. The van der Waals surface area contributed by atoms with Crippen LogP contribution in [0.4, 0.5) is 0 Å². The number of Topliss-reactive ketones (excluding diaryl/α,β-unsaturated/α-hetero) is 2. The Hall–Kier alpha value is -2.99. The average Bonchev–Trinajstić information content (AvgIpc) is 3.08. The minimum Gasteiger partial charge on any atom is -1.00 e. The third-order valence-corrected chi connectivity index (χ3v) is 5.87. The van der Waals surface area contributed by atoms with Crippen LogP contribution < -0.4 is 31.0 Å². The summed E-state index contributed by atoms with van der Waals surface area (Å²) in [6.45, 7) is 2.27. The molecule has 0 aliphatic heterocycles. The molecule has 0 spiro atoms. The number of benzene rings is 2. The van der Waals surface area contributed by atoms with Gasteiger partial charge in [-0.2, -0.15) is 0 Å². The van der Waals surface area contributed by atoms with Crippen molar-refractivity contribution in [3.63, 3.8) is 0 Å². The molecular formula is C26H26BrNO4. The Labute approximate surface area is 198 Å². The van der Waals surface area contributed by atoms with E-state index in [1.807, 2.05) is 47.3 Å². The molecule has 1 aromatic heterocycles. The number of fused-ring (bicyclic) bond motifs is 1. The van der Waals surface area contributed by atoms with E-state index in [1.165, 1.54) is 5.56 Å². The first-order chi connectivity index (χ1) is 15.0. The molecule has 6 heteroatoms. The van der Waals surface area contributed by atoms with Gasteiger partial charge in [-0.25, -0.2) is 4.57 Å². The number of nitrogens with zero attached hydrogens (tertiary/aromatic N) is 1. The number of ketones is 2. The number of carbonyl (C=O) groups is 2. The molecule has 1 unspecified atom stereocenters. The van der Waals surface area contributed by atoms with Gasteiger partial charge in [-0.05, 0) is 43.0 Å². The smallest absolute Gasteiger partial charge is 0.180 e. The Morgan fingerprint density at radius 1 is 1.06 bits per heavy atom. The van der Waals surface area contributed by atoms with Crippen LogP contribution in [-0.4, -0.2) is 25.8 Å². The predicted molar refractivity (Wildman–Crippen MR) is 117 cm³/mol. The standard InChI is InChI=1S/C26H26NO4.BrH/c1-17(28)23-16-27(15-18-7-5-4-6-8-18)10-9-19(23)11-21-12-20-13-24(30-2)25(31-3)14-22(20)26(21)29;/h4-10,13-14,16,21H,11-12,15H2,1-3H3;1H/q+1;/p-1. The zero-order chi connectivity index (χ0) is 22.0. The molecule has 0 amide bonds. The van der Waals surface area contributed by atoms with E-state index < -0.39 is 0 Å². The second-order valence-corrected chi connectivity index (χ2v) is 7.93. The normalized spacial score (nSPS) is 14.5. The third kappa shape index (κ3) is 4.75. The van der Waals surface area contributed by atoms with Gasteiger partial charge in [0.15, 0.2) is 42.0 Å². The van der Waals surface area contributed by atoms with Crippen LogP contribution in [0.25, 0.3) is 0 Å². The van der Waals surface area contributed by atoms with E-state index in [0.717, 1.165) is 11.1 Å². The summed E-state index contributed by atoms with van der Waals surface area (Å²) >= 11 is 0. The number of methoxy groups -OCH3 is 2. The van der Waals surface area contributed by atoms with Gasteiger partial charge in [0.05, 0.1) is 19.8 Å². The highest BCUT2D eigenvalue weighted by Gasteiger charge is 2.33. The summed E-state index contributed by atoms with van der Waals surface area (Å²) < 4.78 is 12.7. The molecule has 0 N–H and O–H groups in total. The van der Waals surface area contributed by atoms with Crippen molar-refractivity contribution < 1.29 is 40.6 Å². The lowest BCUT2D eigenvalue weighted by Crippen LogP contribution is -3.00. The van der Waals surface area contributed by atoms with Crippen molar-refractivity contribution in [2.75, 3.05) is 14.2 Å². The van der Waals surface area contributed by atoms with Gasteiger partial charge in [0.2, 0.25) is 0 Å². The number of pyridine rings is 1. The van der Waals surface area contributed by atoms with Gasteiger partial charge in [0.1, 0.15) is 0 Å². The van der Waals surface area contributed by atoms with Crippen LogP contribution in [0.15, 0.2) is 60.9 Å². The highest BCUT2D eigenvalue weighted by molar-refractivity contribution is 6.03. The van der Waals surface area contributed by atoms with Gasteiger partial charge < -0.3 is 26.5 Å². The maximum Gasteiger partial charge on any atom is 0.180 e. The summed E-state index contributed by atoms with van der Waals surface area (Å²) in [6.07, 6.45) is 5.03. The first kappa shape index (κ1) is 23.7. The molecule has 0 saturated carbocycles. The number of rotatable bonds is 7. The summed E-state index contributed by atoms with van der Waals surface area (Å²) in [6, 6.07) is 15.7. The lowest BCUT2D eigenvalue weighted by Gasteiger charge is -2.11. The fourth-order valence-electron chi connectivity index (χ4n) is 4.28. The molecule has 1 heterocycles.